The highest BCUT2D eigenvalue weighted by molar-refractivity contribution is 7.07. The van der Waals surface area contributed by atoms with Crippen LogP contribution in [-0.2, 0) is 14.3 Å². The van der Waals surface area contributed by atoms with Crippen LogP contribution >= 0.6 is 11.3 Å². The molecule has 0 unspecified atom stereocenters. The van der Waals surface area contributed by atoms with Crippen molar-refractivity contribution in [2.45, 2.75) is 13.0 Å². The van der Waals surface area contributed by atoms with Gasteiger partial charge in [-0.15, -0.1) is 0 Å². The van der Waals surface area contributed by atoms with Crippen molar-refractivity contribution >= 4 is 35.0 Å². The van der Waals surface area contributed by atoms with Gasteiger partial charge in [0, 0.05) is 30.8 Å². The van der Waals surface area contributed by atoms with Crippen LogP contribution in [0.3, 0.4) is 0 Å². The molecule has 8 nitrogen and oxygen atoms in total. The number of hydrogen-bond acceptors (Lipinski definition) is 8. The van der Waals surface area contributed by atoms with Crippen molar-refractivity contribution in [3.05, 3.63) is 115 Å². The summed E-state index contributed by atoms with van der Waals surface area (Å²) in [5.74, 6) is 0.825. The van der Waals surface area contributed by atoms with Crippen molar-refractivity contribution in [3.8, 4) is 0 Å². The quantitative estimate of drug-likeness (QED) is 0.348. The van der Waals surface area contributed by atoms with Crippen molar-refractivity contribution in [2.75, 3.05) is 37.8 Å². The van der Waals surface area contributed by atoms with E-state index in [1.807, 2.05) is 72.8 Å². The summed E-state index contributed by atoms with van der Waals surface area (Å²) in [6, 6.07) is 22.1. The number of furan rings is 1. The Hall–Kier alpha value is -4.21. The van der Waals surface area contributed by atoms with E-state index in [9.17, 15) is 9.59 Å². The minimum atomic E-state index is -0.695. The first-order valence-corrected chi connectivity index (χ1v) is 13.7. The first kappa shape index (κ1) is 25.1. The van der Waals surface area contributed by atoms with Gasteiger partial charge in [-0.2, -0.15) is 0 Å². The minimum Gasteiger partial charge on any atom is -0.463 e. The van der Waals surface area contributed by atoms with Crippen LogP contribution in [0.2, 0.25) is 0 Å². The van der Waals surface area contributed by atoms with E-state index in [0.29, 0.717) is 39.6 Å². The van der Waals surface area contributed by atoms with E-state index in [1.54, 1.807) is 17.6 Å². The molecule has 1 saturated heterocycles. The van der Waals surface area contributed by atoms with E-state index in [0.717, 1.165) is 30.1 Å². The van der Waals surface area contributed by atoms with Gasteiger partial charge >= 0.3 is 5.97 Å². The molecule has 2 aliphatic rings. The molecule has 0 N–H and O–H groups in total. The molecule has 1 fully saturated rings. The lowest BCUT2D eigenvalue weighted by Crippen LogP contribution is -2.39. The predicted octanol–water partition coefficient (Wildman–Crippen LogP) is 3.37. The maximum atomic E-state index is 13.9. The molecule has 9 heteroatoms. The average Bonchev–Trinajstić information content (AvgIpc) is 3.58. The number of anilines is 1. The molecule has 2 aromatic heterocycles. The Kier molecular flexibility index (Phi) is 7.00. The second kappa shape index (κ2) is 10.9. The van der Waals surface area contributed by atoms with Gasteiger partial charge in [0.2, 0.25) is 0 Å². The standard InChI is InChI=1S/C30H27N3O5S/c1-2-37-29(35)25-26(20-9-5-3-6-10-20)31-30-33(27(25)21-11-7-4-8-12-21)28(34)23(39-30)19-22-13-14-24(38-22)32-15-17-36-18-16-32/h3-14,19,27H,2,15-18H2,1H3/b23-19-/t27-/m1/s1. The van der Waals surface area contributed by atoms with E-state index >= 15 is 0 Å². The molecule has 6 rings (SSSR count). The molecule has 0 spiro atoms. The maximum Gasteiger partial charge on any atom is 0.338 e. The van der Waals surface area contributed by atoms with Crippen LogP contribution in [0.15, 0.2) is 92.6 Å². The number of carbonyl (C=O) groups is 1. The summed E-state index contributed by atoms with van der Waals surface area (Å²) >= 11 is 1.27. The van der Waals surface area contributed by atoms with Crippen molar-refractivity contribution in [2.24, 2.45) is 4.99 Å². The normalized spacial score (nSPS) is 17.6. The summed E-state index contributed by atoms with van der Waals surface area (Å²) in [4.78, 5) is 34.9. The monoisotopic (exact) mass is 541 g/mol. The molecule has 0 amide bonds. The fraction of sp³-hybridized carbons (Fsp3) is 0.233. The zero-order valence-electron chi connectivity index (χ0n) is 21.4. The Morgan fingerprint density at radius 3 is 2.49 bits per heavy atom. The van der Waals surface area contributed by atoms with Gasteiger partial charge in [-0.3, -0.25) is 9.36 Å². The van der Waals surface area contributed by atoms with Crippen LogP contribution < -0.4 is 19.8 Å². The highest BCUT2D eigenvalue weighted by atomic mass is 32.1. The Labute approximate surface area is 228 Å². The van der Waals surface area contributed by atoms with E-state index in [-0.39, 0.29) is 12.2 Å². The molecular formula is C30H27N3O5S. The summed E-state index contributed by atoms with van der Waals surface area (Å²) < 4.78 is 19.1. The number of morpholine rings is 1. The van der Waals surface area contributed by atoms with E-state index in [2.05, 4.69) is 4.90 Å². The number of benzene rings is 2. The number of aromatic nitrogens is 1. The van der Waals surface area contributed by atoms with Gasteiger partial charge < -0.3 is 18.8 Å². The summed E-state index contributed by atoms with van der Waals surface area (Å²) in [6.07, 6.45) is 1.74. The van der Waals surface area contributed by atoms with E-state index in [4.69, 9.17) is 18.9 Å². The number of thiazole rings is 1. The van der Waals surface area contributed by atoms with Gasteiger partial charge in [-0.1, -0.05) is 72.0 Å². The Bertz CT molecular complexity index is 1700. The zero-order chi connectivity index (χ0) is 26.8. The molecule has 39 heavy (non-hydrogen) atoms. The average molecular weight is 542 g/mol. The third-order valence-electron chi connectivity index (χ3n) is 6.70. The van der Waals surface area contributed by atoms with Crippen LogP contribution in [0.1, 0.15) is 29.9 Å². The lowest BCUT2D eigenvalue weighted by atomic mass is 9.93. The van der Waals surface area contributed by atoms with Crippen molar-refractivity contribution in [1.29, 1.82) is 0 Å². The van der Waals surface area contributed by atoms with Gasteiger partial charge in [-0.25, -0.2) is 9.79 Å². The largest absolute Gasteiger partial charge is 0.463 e. The molecule has 0 bridgehead atoms. The molecular weight excluding hydrogens is 514 g/mol. The Morgan fingerprint density at radius 2 is 1.77 bits per heavy atom. The number of esters is 1. The number of carbonyl (C=O) groups excluding carboxylic acids is 1. The fourth-order valence-corrected chi connectivity index (χ4v) is 5.87. The smallest absolute Gasteiger partial charge is 0.338 e. The molecule has 198 valence electrons. The van der Waals surface area contributed by atoms with Crippen molar-refractivity contribution in [3.63, 3.8) is 0 Å². The second-order valence-corrected chi connectivity index (χ2v) is 10.1. The van der Waals surface area contributed by atoms with Crippen molar-refractivity contribution in [1.82, 2.24) is 4.57 Å². The fourth-order valence-electron chi connectivity index (χ4n) is 4.89. The predicted molar refractivity (Wildman–Crippen MR) is 149 cm³/mol. The first-order chi connectivity index (χ1) is 19.1. The molecule has 0 saturated carbocycles. The third kappa shape index (κ3) is 4.86. The molecule has 2 aromatic carbocycles. The molecule has 1 atom stereocenters. The second-order valence-electron chi connectivity index (χ2n) is 9.12. The van der Waals surface area contributed by atoms with Gasteiger partial charge in [0.1, 0.15) is 5.76 Å². The summed E-state index contributed by atoms with van der Waals surface area (Å²) in [5, 5.41) is 0. The van der Waals surface area contributed by atoms with Crippen LogP contribution in [0.5, 0.6) is 0 Å². The number of ether oxygens (including phenoxy) is 2. The van der Waals surface area contributed by atoms with Crippen LogP contribution in [0.25, 0.3) is 11.8 Å². The molecule has 2 aliphatic heterocycles. The lowest BCUT2D eigenvalue weighted by Gasteiger charge is -2.26. The number of rotatable bonds is 6. The van der Waals surface area contributed by atoms with Gasteiger partial charge in [0.25, 0.3) is 5.56 Å². The van der Waals surface area contributed by atoms with Crippen molar-refractivity contribution < 1.29 is 18.7 Å². The third-order valence-corrected chi connectivity index (χ3v) is 7.68. The SMILES string of the molecule is CCOC(=O)C1=C(c2ccccc2)N=c2s/c(=C\c3ccc(N4CCOCC4)o3)c(=O)n2[C@@H]1c1ccccc1. The highest BCUT2D eigenvalue weighted by Gasteiger charge is 2.35. The maximum absolute atomic E-state index is 13.9. The molecule has 4 heterocycles. The molecule has 0 aliphatic carbocycles. The van der Waals surface area contributed by atoms with Crippen LogP contribution in [0, 0.1) is 0 Å². The number of hydrogen-bond donors (Lipinski definition) is 0. The first-order valence-electron chi connectivity index (χ1n) is 12.9. The number of nitrogens with zero attached hydrogens (tertiary/aromatic N) is 3. The van der Waals surface area contributed by atoms with Crippen LogP contribution in [0.4, 0.5) is 5.88 Å². The highest BCUT2D eigenvalue weighted by Crippen LogP contribution is 2.35. The lowest BCUT2D eigenvalue weighted by molar-refractivity contribution is -0.138. The summed E-state index contributed by atoms with van der Waals surface area (Å²) in [6.45, 7) is 4.79. The minimum absolute atomic E-state index is 0.209. The zero-order valence-corrected chi connectivity index (χ0v) is 22.2. The van der Waals surface area contributed by atoms with E-state index < -0.39 is 12.0 Å². The number of fused-ring (bicyclic) bond motifs is 1. The van der Waals surface area contributed by atoms with E-state index in [1.165, 1.54) is 11.3 Å². The van der Waals surface area contributed by atoms with Gasteiger partial charge in [0.05, 0.1) is 41.7 Å². The summed E-state index contributed by atoms with van der Waals surface area (Å²) in [5.41, 5.74) is 2.17. The Morgan fingerprint density at radius 1 is 1.05 bits per heavy atom. The summed E-state index contributed by atoms with van der Waals surface area (Å²) in [7, 11) is 0. The molecule has 0 radical (unpaired) electrons. The van der Waals surface area contributed by atoms with Gasteiger partial charge in [0.15, 0.2) is 10.7 Å². The molecule has 4 aromatic rings. The Balaban J connectivity index is 1.53. The van der Waals surface area contributed by atoms with Gasteiger partial charge in [-0.05, 0) is 18.6 Å². The van der Waals surface area contributed by atoms with Crippen LogP contribution in [-0.4, -0.2) is 43.4 Å². The topological polar surface area (TPSA) is 86.3 Å².